The van der Waals surface area contributed by atoms with Crippen molar-refractivity contribution in [3.63, 3.8) is 0 Å². The standard InChI is InChI=1S/C21H29FN4O/c22-18-5-3-4-16(12-18)21-17(13-23-24-21)14-25-9-10-26(19-6-1-2-7-19)20(15-25)8-11-27/h3-5,12-13,19-20,27H,1-2,6-11,14-15H2,(H,23,24). The maximum absolute atomic E-state index is 13.6. The first-order valence-electron chi connectivity index (χ1n) is 10.1. The molecule has 1 unspecified atom stereocenters. The van der Waals surface area contributed by atoms with Crippen LogP contribution in [0.1, 0.15) is 37.7 Å². The maximum Gasteiger partial charge on any atom is 0.123 e. The van der Waals surface area contributed by atoms with Gasteiger partial charge in [0.05, 0.1) is 11.9 Å². The van der Waals surface area contributed by atoms with E-state index in [9.17, 15) is 9.50 Å². The van der Waals surface area contributed by atoms with E-state index in [1.165, 1.54) is 31.7 Å². The van der Waals surface area contributed by atoms with Crippen molar-refractivity contribution in [3.8, 4) is 11.3 Å². The first-order valence-corrected chi connectivity index (χ1v) is 10.1. The number of benzene rings is 1. The number of nitrogens with one attached hydrogen (secondary N) is 1. The number of aromatic amines is 1. The van der Waals surface area contributed by atoms with Crippen LogP contribution in [0.25, 0.3) is 11.3 Å². The van der Waals surface area contributed by atoms with E-state index in [4.69, 9.17) is 0 Å². The number of rotatable bonds is 6. The molecule has 0 radical (unpaired) electrons. The number of hydrogen-bond donors (Lipinski definition) is 2. The molecule has 2 fully saturated rings. The first-order chi connectivity index (χ1) is 13.2. The van der Waals surface area contributed by atoms with Crippen molar-refractivity contribution in [2.45, 2.75) is 50.7 Å². The summed E-state index contributed by atoms with van der Waals surface area (Å²) < 4.78 is 13.6. The van der Waals surface area contributed by atoms with Crippen LogP contribution in [0.15, 0.2) is 30.5 Å². The highest BCUT2D eigenvalue weighted by atomic mass is 19.1. The van der Waals surface area contributed by atoms with Crippen molar-refractivity contribution in [1.82, 2.24) is 20.0 Å². The molecule has 0 bridgehead atoms. The minimum atomic E-state index is -0.235. The number of aliphatic hydroxyl groups is 1. The number of nitrogens with zero attached hydrogens (tertiary/aromatic N) is 3. The second-order valence-electron chi connectivity index (χ2n) is 7.86. The Kier molecular flexibility index (Phi) is 5.86. The summed E-state index contributed by atoms with van der Waals surface area (Å²) in [5, 5.41) is 16.8. The van der Waals surface area contributed by atoms with Crippen molar-refractivity contribution in [2.75, 3.05) is 26.2 Å². The van der Waals surface area contributed by atoms with Gasteiger partial charge in [-0.25, -0.2) is 4.39 Å². The van der Waals surface area contributed by atoms with E-state index in [1.807, 2.05) is 12.3 Å². The van der Waals surface area contributed by atoms with E-state index in [0.717, 1.165) is 49.4 Å². The molecule has 2 aromatic rings. The lowest BCUT2D eigenvalue weighted by Gasteiger charge is -2.44. The minimum absolute atomic E-state index is 0.235. The van der Waals surface area contributed by atoms with Gasteiger partial charge in [-0.15, -0.1) is 0 Å². The molecule has 6 heteroatoms. The molecule has 2 aliphatic rings. The lowest BCUT2D eigenvalue weighted by molar-refractivity contribution is 0.0268. The average Bonchev–Trinajstić information content (AvgIpc) is 3.34. The van der Waals surface area contributed by atoms with Gasteiger partial charge >= 0.3 is 0 Å². The quantitative estimate of drug-likeness (QED) is 0.818. The Balaban J connectivity index is 1.45. The van der Waals surface area contributed by atoms with Crippen LogP contribution in [0, 0.1) is 5.82 Å². The van der Waals surface area contributed by atoms with Gasteiger partial charge in [-0.3, -0.25) is 14.9 Å². The molecule has 1 aliphatic carbocycles. The van der Waals surface area contributed by atoms with Crippen LogP contribution in [0.3, 0.4) is 0 Å². The third kappa shape index (κ3) is 4.23. The lowest BCUT2D eigenvalue weighted by atomic mass is 10.0. The zero-order valence-electron chi connectivity index (χ0n) is 15.8. The number of halogens is 1. The fourth-order valence-corrected chi connectivity index (χ4v) is 4.77. The summed E-state index contributed by atoms with van der Waals surface area (Å²) >= 11 is 0. The normalized spacial score (nSPS) is 22.5. The van der Waals surface area contributed by atoms with Crippen molar-refractivity contribution in [2.24, 2.45) is 0 Å². The fraction of sp³-hybridized carbons (Fsp3) is 0.571. The van der Waals surface area contributed by atoms with Gasteiger partial charge < -0.3 is 5.11 Å². The molecule has 2 heterocycles. The maximum atomic E-state index is 13.6. The third-order valence-corrected chi connectivity index (χ3v) is 6.09. The Hall–Kier alpha value is -1.76. The molecule has 0 amide bonds. The third-order valence-electron chi connectivity index (χ3n) is 6.09. The highest BCUT2D eigenvalue weighted by Crippen LogP contribution is 2.29. The Bertz CT molecular complexity index is 743. The Morgan fingerprint density at radius 1 is 1.22 bits per heavy atom. The van der Waals surface area contributed by atoms with Crippen LogP contribution in [0.4, 0.5) is 4.39 Å². The summed E-state index contributed by atoms with van der Waals surface area (Å²) in [4.78, 5) is 5.09. The number of aliphatic hydroxyl groups excluding tert-OH is 1. The molecular weight excluding hydrogens is 343 g/mol. The first kappa shape index (κ1) is 18.6. The monoisotopic (exact) mass is 372 g/mol. The highest BCUT2D eigenvalue weighted by molar-refractivity contribution is 5.62. The second kappa shape index (κ2) is 8.50. The van der Waals surface area contributed by atoms with Gasteiger partial charge in [0.15, 0.2) is 0 Å². The van der Waals surface area contributed by atoms with Gasteiger partial charge in [-0.05, 0) is 31.4 Å². The summed E-state index contributed by atoms with van der Waals surface area (Å²) in [5.41, 5.74) is 2.82. The topological polar surface area (TPSA) is 55.4 Å². The largest absolute Gasteiger partial charge is 0.396 e. The molecule has 5 nitrogen and oxygen atoms in total. The molecule has 1 saturated heterocycles. The van der Waals surface area contributed by atoms with Gasteiger partial charge in [0.2, 0.25) is 0 Å². The van der Waals surface area contributed by atoms with E-state index < -0.39 is 0 Å². The van der Waals surface area contributed by atoms with Crippen molar-refractivity contribution >= 4 is 0 Å². The van der Waals surface area contributed by atoms with Crippen molar-refractivity contribution in [1.29, 1.82) is 0 Å². The van der Waals surface area contributed by atoms with Crippen LogP contribution in [-0.4, -0.2) is 63.4 Å². The predicted octanol–water partition coefficient (Wildman–Crippen LogP) is 3.03. The number of H-pyrrole nitrogens is 1. The summed E-state index contributed by atoms with van der Waals surface area (Å²) in [6, 6.07) is 7.75. The molecule has 2 N–H and O–H groups in total. The van der Waals surface area contributed by atoms with Crippen LogP contribution < -0.4 is 0 Å². The lowest BCUT2D eigenvalue weighted by Crippen LogP contribution is -2.56. The number of hydrogen-bond acceptors (Lipinski definition) is 4. The fourth-order valence-electron chi connectivity index (χ4n) is 4.77. The molecule has 1 aromatic heterocycles. The van der Waals surface area contributed by atoms with Gasteiger partial charge in [0.1, 0.15) is 5.82 Å². The van der Waals surface area contributed by atoms with Crippen LogP contribution in [-0.2, 0) is 6.54 Å². The highest BCUT2D eigenvalue weighted by Gasteiger charge is 2.33. The number of piperazine rings is 1. The van der Waals surface area contributed by atoms with Crippen molar-refractivity contribution in [3.05, 3.63) is 41.8 Å². The Labute approximate surface area is 160 Å². The smallest absolute Gasteiger partial charge is 0.123 e. The van der Waals surface area contributed by atoms with Gasteiger partial charge in [0, 0.05) is 56.0 Å². The van der Waals surface area contributed by atoms with E-state index >= 15 is 0 Å². The van der Waals surface area contributed by atoms with Gasteiger partial charge in [-0.2, -0.15) is 5.10 Å². The molecule has 1 atom stereocenters. The Morgan fingerprint density at radius 2 is 2.07 bits per heavy atom. The molecule has 4 rings (SSSR count). The zero-order valence-corrected chi connectivity index (χ0v) is 15.8. The van der Waals surface area contributed by atoms with Gasteiger partial charge in [0.25, 0.3) is 0 Å². The van der Waals surface area contributed by atoms with Crippen LogP contribution >= 0.6 is 0 Å². The summed E-state index contributed by atoms with van der Waals surface area (Å²) in [7, 11) is 0. The van der Waals surface area contributed by atoms with Crippen molar-refractivity contribution < 1.29 is 9.50 Å². The SMILES string of the molecule is OCCC1CN(Cc2cn[nH]c2-c2cccc(F)c2)CCN1C1CCCC1. The van der Waals surface area contributed by atoms with Crippen LogP contribution in [0.2, 0.25) is 0 Å². The second-order valence-corrected chi connectivity index (χ2v) is 7.86. The summed E-state index contributed by atoms with van der Waals surface area (Å²) in [6.45, 7) is 4.07. The zero-order chi connectivity index (χ0) is 18.6. The molecule has 1 saturated carbocycles. The summed E-state index contributed by atoms with van der Waals surface area (Å²) in [5.74, 6) is -0.235. The van der Waals surface area contributed by atoms with E-state index in [-0.39, 0.29) is 12.4 Å². The molecule has 0 spiro atoms. The molecule has 146 valence electrons. The molecular formula is C21H29FN4O. The van der Waals surface area contributed by atoms with Gasteiger partial charge in [-0.1, -0.05) is 25.0 Å². The number of aromatic nitrogens is 2. The molecule has 27 heavy (non-hydrogen) atoms. The molecule has 1 aromatic carbocycles. The minimum Gasteiger partial charge on any atom is -0.396 e. The predicted molar refractivity (Wildman–Crippen MR) is 104 cm³/mol. The summed E-state index contributed by atoms with van der Waals surface area (Å²) in [6.07, 6.45) is 7.95. The molecule has 1 aliphatic heterocycles. The van der Waals surface area contributed by atoms with Crippen LogP contribution in [0.5, 0.6) is 0 Å². The van der Waals surface area contributed by atoms with E-state index in [0.29, 0.717) is 12.1 Å². The van der Waals surface area contributed by atoms with E-state index in [1.54, 1.807) is 12.1 Å². The van der Waals surface area contributed by atoms with E-state index in [2.05, 4.69) is 20.0 Å². The Morgan fingerprint density at radius 3 is 2.85 bits per heavy atom. The average molecular weight is 372 g/mol.